The minimum atomic E-state index is -0.650. The molecule has 0 saturated carbocycles. The Hall–Kier alpha value is -4.45. The van der Waals surface area contributed by atoms with Gasteiger partial charge in [-0.1, -0.05) is 84.4 Å². The van der Waals surface area contributed by atoms with Gasteiger partial charge in [-0.05, 0) is 48.9 Å². The second kappa shape index (κ2) is 12.2. The zero-order valence-electron chi connectivity index (χ0n) is 23.1. The van der Waals surface area contributed by atoms with Crippen LogP contribution >= 0.6 is 0 Å². The lowest BCUT2D eigenvalue weighted by Crippen LogP contribution is -2.50. The summed E-state index contributed by atoms with van der Waals surface area (Å²) in [7, 11) is 0. The predicted octanol–water partition coefficient (Wildman–Crippen LogP) is 5.66. The number of benzene rings is 4. The molecule has 204 valence electrons. The molecule has 6 heteroatoms. The molecule has 0 aromatic heterocycles. The lowest BCUT2D eigenvalue weighted by molar-refractivity contribution is -0.141. The van der Waals surface area contributed by atoms with Gasteiger partial charge >= 0.3 is 0 Å². The average molecular weight is 534 g/mol. The van der Waals surface area contributed by atoms with Crippen LogP contribution in [0.4, 0.5) is 5.69 Å². The van der Waals surface area contributed by atoms with Crippen molar-refractivity contribution >= 4 is 34.2 Å². The number of rotatable bonds is 11. The highest BCUT2D eigenvalue weighted by Crippen LogP contribution is 2.37. The van der Waals surface area contributed by atoms with Gasteiger partial charge in [0.1, 0.15) is 6.04 Å². The molecule has 5 rings (SSSR count). The smallest absolute Gasteiger partial charge is 0.258 e. The second-order valence-corrected chi connectivity index (χ2v) is 10.3. The van der Waals surface area contributed by atoms with Crippen LogP contribution in [0.1, 0.15) is 46.8 Å². The third kappa shape index (κ3) is 5.76. The van der Waals surface area contributed by atoms with Crippen molar-refractivity contribution in [1.29, 1.82) is 0 Å². The topological polar surface area (TPSA) is 69.7 Å². The van der Waals surface area contributed by atoms with Crippen LogP contribution in [0.5, 0.6) is 0 Å². The van der Waals surface area contributed by atoms with Crippen LogP contribution in [0.25, 0.3) is 10.8 Å². The molecule has 4 aromatic rings. The Bertz CT molecular complexity index is 1510. The largest absolute Gasteiger partial charge is 0.355 e. The minimum absolute atomic E-state index is 0.0277. The van der Waals surface area contributed by atoms with Gasteiger partial charge in [-0.3, -0.25) is 14.4 Å². The van der Waals surface area contributed by atoms with Gasteiger partial charge in [0, 0.05) is 43.4 Å². The van der Waals surface area contributed by atoms with Gasteiger partial charge in [0.2, 0.25) is 11.8 Å². The Morgan fingerprint density at radius 1 is 0.875 bits per heavy atom. The van der Waals surface area contributed by atoms with Crippen molar-refractivity contribution in [2.75, 3.05) is 18.0 Å². The van der Waals surface area contributed by atoms with E-state index < -0.39 is 6.04 Å². The first-order valence-electron chi connectivity index (χ1n) is 14.0. The van der Waals surface area contributed by atoms with Gasteiger partial charge in [-0.25, -0.2) is 0 Å². The van der Waals surface area contributed by atoms with E-state index in [0.29, 0.717) is 38.0 Å². The first-order valence-corrected chi connectivity index (χ1v) is 14.0. The third-order valence-electron chi connectivity index (χ3n) is 7.52. The molecular weight excluding hydrogens is 498 g/mol. The Morgan fingerprint density at radius 2 is 1.60 bits per heavy atom. The fraction of sp³-hybridized carbons (Fsp3) is 0.265. The number of amides is 3. The molecule has 1 N–H and O–H groups in total. The van der Waals surface area contributed by atoms with Crippen LogP contribution in [-0.4, -0.2) is 41.8 Å². The number of carbonyl (C=O) groups excluding carboxylic acids is 3. The monoisotopic (exact) mass is 533 g/mol. The normalized spacial score (nSPS) is 12.9. The van der Waals surface area contributed by atoms with E-state index in [2.05, 4.69) is 5.32 Å². The number of nitrogens with one attached hydrogen (secondary N) is 1. The standard InChI is InChI=1S/C34H35N3O3/c1-3-35-33(39)30(22-25-10-5-4-6-11-25)37(23-26-19-17-24(2)18-20-26)31(38)16-9-21-36-29-15-8-13-27-12-7-14-28(32(27)29)34(36)40/h4-8,10-15,17-20,30H,3,9,16,21-23H2,1-2H3,(H,35,39). The van der Waals surface area contributed by atoms with Gasteiger partial charge in [0.05, 0.1) is 5.69 Å². The number of hydrogen-bond donors (Lipinski definition) is 1. The van der Waals surface area contributed by atoms with Crippen molar-refractivity contribution < 1.29 is 14.4 Å². The number of carbonyl (C=O) groups is 3. The molecular formula is C34H35N3O3. The van der Waals surface area contributed by atoms with E-state index in [4.69, 9.17) is 0 Å². The molecule has 1 heterocycles. The van der Waals surface area contributed by atoms with E-state index >= 15 is 0 Å². The molecule has 6 nitrogen and oxygen atoms in total. The van der Waals surface area contributed by atoms with Gasteiger partial charge < -0.3 is 15.1 Å². The van der Waals surface area contributed by atoms with Gasteiger partial charge in [0.15, 0.2) is 0 Å². The lowest BCUT2D eigenvalue weighted by atomic mass is 10.0. The maximum atomic E-state index is 13.9. The Kier molecular flexibility index (Phi) is 8.25. The van der Waals surface area contributed by atoms with Crippen molar-refractivity contribution in [3.63, 3.8) is 0 Å². The van der Waals surface area contributed by atoms with Crippen LogP contribution < -0.4 is 10.2 Å². The van der Waals surface area contributed by atoms with Crippen molar-refractivity contribution in [3.8, 4) is 0 Å². The zero-order chi connectivity index (χ0) is 28.1. The molecule has 0 aliphatic carbocycles. The van der Waals surface area contributed by atoms with Crippen LogP contribution in [-0.2, 0) is 22.6 Å². The zero-order valence-corrected chi connectivity index (χ0v) is 23.1. The summed E-state index contributed by atoms with van der Waals surface area (Å²) in [4.78, 5) is 43.9. The molecule has 1 aliphatic rings. The number of nitrogens with zero attached hydrogens (tertiary/aromatic N) is 2. The summed E-state index contributed by atoms with van der Waals surface area (Å²) in [6.07, 6.45) is 1.14. The van der Waals surface area contributed by atoms with E-state index in [9.17, 15) is 14.4 Å². The Labute approximate surface area is 235 Å². The van der Waals surface area contributed by atoms with Crippen LogP contribution in [0.15, 0.2) is 91.0 Å². The van der Waals surface area contributed by atoms with Crippen LogP contribution in [0.2, 0.25) is 0 Å². The van der Waals surface area contributed by atoms with Gasteiger partial charge in [-0.15, -0.1) is 0 Å². The van der Waals surface area contributed by atoms with Crippen LogP contribution in [0.3, 0.4) is 0 Å². The summed E-state index contributed by atoms with van der Waals surface area (Å²) in [5.41, 5.74) is 4.70. The van der Waals surface area contributed by atoms with E-state index in [-0.39, 0.29) is 24.1 Å². The molecule has 0 radical (unpaired) electrons. The molecule has 1 aliphatic heterocycles. The first kappa shape index (κ1) is 27.1. The quantitative estimate of drug-likeness (QED) is 0.270. The van der Waals surface area contributed by atoms with E-state index in [0.717, 1.165) is 33.2 Å². The summed E-state index contributed by atoms with van der Waals surface area (Å²) in [5.74, 6) is -0.293. The van der Waals surface area contributed by atoms with E-state index in [1.165, 1.54) is 0 Å². The summed E-state index contributed by atoms with van der Waals surface area (Å²) >= 11 is 0. The average Bonchev–Trinajstić information content (AvgIpc) is 3.24. The van der Waals surface area contributed by atoms with Gasteiger partial charge in [-0.2, -0.15) is 0 Å². The SMILES string of the molecule is CCNC(=O)C(Cc1ccccc1)N(Cc1ccc(C)cc1)C(=O)CCCN1C(=O)c2cccc3cccc1c23. The summed E-state index contributed by atoms with van der Waals surface area (Å²) < 4.78 is 0. The number of anilines is 1. The van der Waals surface area contributed by atoms with Crippen molar-refractivity contribution in [3.05, 3.63) is 113 Å². The van der Waals surface area contributed by atoms with E-state index in [1.807, 2.05) is 105 Å². The summed E-state index contributed by atoms with van der Waals surface area (Å²) in [5, 5.41) is 4.95. The molecule has 3 amide bonds. The Morgan fingerprint density at radius 3 is 2.33 bits per heavy atom. The first-order chi connectivity index (χ1) is 19.5. The fourth-order valence-corrected chi connectivity index (χ4v) is 5.47. The van der Waals surface area contributed by atoms with E-state index in [1.54, 1.807) is 9.80 Å². The third-order valence-corrected chi connectivity index (χ3v) is 7.52. The van der Waals surface area contributed by atoms with Gasteiger partial charge in [0.25, 0.3) is 5.91 Å². The molecule has 0 bridgehead atoms. The molecule has 0 spiro atoms. The maximum Gasteiger partial charge on any atom is 0.258 e. The fourth-order valence-electron chi connectivity index (χ4n) is 5.47. The predicted molar refractivity (Wildman–Crippen MR) is 159 cm³/mol. The van der Waals surface area contributed by atoms with Crippen LogP contribution in [0, 0.1) is 6.92 Å². The maximum absolute atomic E-state index is 13.9. The highest BCUT2D eigenvalue weighted by Gasteiger charge is 2.32. The minimum Gasteiger partial charge on any atom is -0.355 e. The summed E-state index contributed by atoms with van der Waals surface area (Å²) in [6, 6.07) is 28.9. The highest BCUT2D eigenvalue weighted by molar-refractivity contribution is 6.25. The molecule has 40 heavy (non-hydrogen) atoms. The molecule has 4 aromatic carbocycles. The molecule has 0 fully saturated rings. The molecule has 1 unspecified atom stereocenters. The van der Waals surface area contributed by atoms with Crippen molar-refractivity contribution in [2.45, 2.75) is 45.7 Å². The molecule has 1 atom stereocenters. The summed E-state index contributed by atoms with van der Waals surface area (Å²) in [6.45, 7) is 5.16. The molecule has 0 saturated heterocycles. The Balaban J connectivity index is 1.36. The second-order valence-electron chi connectivity index (χ2n) is 10.3. The number of hydrogen-bond acceptors (Lipinski definition) is 3. The lowest BCUT2D eigenvalue weighted by Gasteiger charge is -2.32. The number of likely N-dealkylation sites (N-methyl/N-ethyl adjacent to an activating group) is 1. The highest BCUT2D eigenvalue weighted by atomic mass is 16.2. The van der Waals surface area contributed by atoms with Crippen molar-refractivity contribution in [1.82, 2.24) is 10.2 Å². The number of aryl methyl sites for hydroxylation is 1. The van der Waals surface area contributed by atoms with Crippen molar-refractivity contribution in [2.24, 2.45) is 0 Å².